The number of hydrogen-bond donors (Lipinski definition) is 2. The molecule has 0 heterocycles. The molecule has 0 amide bonds. The van der Waals surface area contributed by atoms with Gasteiger partial charge in [-0.25, -0.2) is 4.79 Å². The number of hydrogen-bond acceptors (Lipinski definition) is 7. The maximum Gasteiger partial charge on any atom is 0.345 e. The predicted octanol–water partition coefficient (Wildman–Crippen LogP) is 4.37. The van der Waals surface area contributed by atoms with E-state index in [2.05, 4.69) is 11.7 Å². The number of unbranched alkanes of at least 4 members (excludes halogenated alkanes) is 9. The second kappa shape index (κ2) is 18.7. The van der Waals surface area contributed by atoms with Gasteiger partial charge in [-0.15, -0.1) is 0 Å². The minimum absolute atomic E-state index is 0.0110. The molecule has 2 N–H and O–H groups in total. The van der Waals surface area contributed by atoms with E-state index in [0.29, 0.717) is 30.4 Å². The van der Waals surface area contributed by atoms with Gasteiger partial charge >= 0.3 is 11.9 Å². The van der Waals surface area contributed by atoms with E-state index >= 15 is 0 Å². The zero-order valence-electron chi connectivity index (χ0n) is 20.1. The Morgan fingerprint density at radius 1 is 0.688 bits per heavy atom. The predicted molar refractivity (Wildman–Crippen MR) is 123 cm³/mol. The van der Waals surface area contributed by atoms with Gasteiger partial charge in [-0.05, 0) is 46.0 Å². The van der Waals surface area contributed by atoms with Crippen molar-refractivity contribution in [2.24, 2.45) is 0 Å². The van der Waals surface area contributed by atoms with E-state index < -0.39 is 24.6 Å². The third-order valence-electron chi connectivity index (χ3n) is 5.46. The van der Waals surface area contributed by atoms with Crippen molar-refractivity contribution in [3.8, 4) is 0 Å². The van der Waals surface area contributed by atoms with Crippen molar-refractivity contribution in [2.75, 3.05) is 6.61 Å². The molecule has 0 aliphatic carbocycles. The summed E-state index contributed by atoms with van der Waals surface area (Å²) in [4.78, 5) is 47.0. The molecule has 0 fully saturated rings. The number of carbonyl (C=O) groups excluding carboxylic acids is 4. The number of carbonyl (C=O) groups is 4. The van der Waals surface area contributed by atoms with Crippen molar-refractivity contribution in [2.45, 2.75) is 117 Å². The van der Waals surface area contributed by atoms with Crippen molar-refractivity contribution in [1.29, 1.82) is 0 Å². The molecule has 0 saturated carbocycles. The molecule has 1 unspecified atom stereocenters. The van der Waals surface area contributed by atoms with Gasteiger partial charge in [0.15, 0.2) is 17.7 Å². The molecule has 0 saturated heterocycles. The van der Waals surface area contributed by atoms with Crippen LogP contribution in [0.1, 0.15) is 111 Å². The minimum Gasteiger partial charge on any atom is -0.393 e. The number of Topliss-reactive ketones (excluding diaryl/α,β-unsaturated/α-hetero) is 2. The third-order valence-corrected chi connectivity index (χ3v) is 5.46. The molecule has 1 atom stereocenters. The van der Waals surface area contributed by atoms with Gasteiger partial charge in [0.25, 0.3) is 0 Å². The van der Waals surface area contributed by atoms with E-state index in [4.69, 9.17) is 10.2 Å². The van der Waals surface area contributed by atoms with Gasteiger partial charge in [-0.1, -0.05) is 58.3 Å². The fourth-order valence-corrected chi connectivity index (χ4v) is 3.57. The summed E-state index contributed by atoms with van der Waals surface area (Å²) in [5.41, 5.74) is 1.35. The first-order valence-corrected chi connectivity index (χ1v) is 12.0. The highest BCUT2D eigenvalue weighted by atomic mass is 16.6. The molecule has 7 heteroatoms. The van der Waals surface area contributed by atoms with Gasteiger partial charge < -0.3 is 14.9 Å². The largest absolute Gasteiger partial charge is 0.393 e. The van der Waals surface area contributed by atoms with Gasteiger partial charge in [-0.2, -0.15) is 0 Å². The number of ether oxygens (including phenoxy) is 1. The number of rotatable bonds is 19. The highest BCUT2D eigenvalue weighted by Gasteiger charge is 2.19. The Morgan fingerprint density at radius 3 is 1.50 bits per heavy atom. The van der Waals surface area contributed by atoms with Crippen LogP contribution in [-0.2, 0) is 23.9 Å². The Hall–Kier alpha value is -1.86. The number of aliphatic hydroxyl groups excluding tert-OH is 2. The van der Waals surface area contributed by atoms with Crippen LogP contribution in [0, 0.1) is 0 Å². The molecule has 0 bridgehead atoms. The first-order chi connectivity index (χ1) is 15.2. The zero-order valence-corrected chi connectivity index (χ0v) is 20.1. The van der Waals surface area contributed by atoms with Crippen LogP contribution in [-0.4, -0.2) is 46.4 Å². The smallest absolute Gasteiger partial charge is 0.345 e. The molecule has 0 radical (unpaired) electrons. The lowest BCUT2D eigenvalue weighted by Gasteiger charge is -2.12. The standard InChI is InChI=1S/C25H42O7/c1-4-5-6-7-9-12-15-21(19(2)27)22(20(3)28)16-13-10-8-11-14-17-24(30)32-25(31)23(29)18-26/h23,26,29H,4-18H2,1-3H3/b22-21-. The minimum atomic E-state index is -1.69. The van der Waals surface area contributed by atoms with Gasteiger partial charge in [0.1, 0.15) is 0 Å². The molecular weight excluding hydrogens is 412 g/mol. The Bertz CT molecular complexity index is 622. The van der Waals surface area contributed by atoms with E-state index in [0.717, 1.165) is 44.9 Å². The van der Waals surface area contributed by atoms with Crippen LogP contribution >= 0.6 is 0 Å². The average molecular weight is 455 g/mol. The van der Waals surface area contributed by atoms with Crippen molar-refractivity contribution in [3.63, 3.8) is 0 Å². The van der Waals surface area contributed by atoms with E-state index in [1.54, 1.807) is 6.92 Å². The topological polar surface area (TPSA) is 118 Å². The zero-order chi connectivity index (χ0) is 24.4. The van der Waals surface area contributed by atoms with E-state index in [1.807, 2.05) is 0 Å². The van der Waals surface area contributed by atoms with Crippen molar-refractivity contribution in [3.05, 3.63) is 11.1 Å². The summed E-state index contributed by atoms with van der Waals surface area (Å²) in [7, 11) is 0. The molecule has 0 aliphatic rings. The second-order valence-electron chi connectivity index (χ2n) is 8.35. The van der Waals surface area contributed by atoms with Gasteiger partial charge in [0.05, 0.1) is 6.61 Å². The average Bonchev–Trinajstić information content (AvgIpc) is 2.74. The van der Waals surface area contributed by atoms with E-state index in [1.165, 1.54) is 26.2 Å². The molecule has 0 aromatic carbocycles. The maximum atomic E-state index is 12.1. The molecule has 0 aliphatic heterocycles. The van der Waals surface area contributed by atoms with E-state index in [-0.39, 0.29) is 18.0 Å². The molecular formula is C25H42O7. The summed E-state index contributed by atoms with van der Waals surface area (Å²) in [6.07, 6.45) is 10.3. The summed E-state index contributed by atoms with van der Waals surface area (Å²) in [6.45, 7) is 4.46. The Morgan fingerprint density at radius 2 is 1.09 bits per heavy atom. The van der Waals surface area contributed by atoms with E-state index in [9.17, 15) is 19.2 Å². The molecule has 0 aromatic rings. The molecule has 184 valence electrons. The summed E-state index contributed by atoms with van der Waals surface area (Å²) >= 11 is 0. The molecule has 0 aromatic heterocycles. The van der Waals surface area contributed by atoms with Gasteiger partial charge in [0, 0.05) is 17.6 Å². The van der Waals surface area contributed by atoms with Crippen LogP contribution in [0.25, 0.3) is 0 Å². The SMILES string of the molecule is CCCCCCCC/C(C(C)=O)=C(\CCCCCCCC(=O)OC(=O)C(O)CO)C(C)=O. The van der Waals surface area contributed by atoms with Crippen LogP contribution in [0.4, 0.5) is 0 Å². The van der Waals surface area contributed by atoms with Crippen LogP contribution in [0.15, 0.2) is 11.1 Å². The summed E-state index contributed by atoms with van der Waals surface area (Å²) in [5, 5.41) is 17.7. The summed E-state index contributed by atoms with van der Waals surface area (Å²) < 4.78 is 4.43. The van der Waals surface area contributed by atoms with Crippen LogP contribution < -0.4 is 0 Å². The highest BCUT2D eigenvalue weighted by Crippen LogP contribution is 2.22. The van der Waals surface area contributed by atoms with Crippen molar-refractivity contribution < 1.29 is 34.1 Å². The number of ketones is 2. The molecule has 0 rings (SSSR count). The number of aliphatic hydroxyl groups is 2. The second-order valence-corrected chi connectivity index (χ2v) is 8.35. The Balaban J connectivity index is 4.31. The number of allylic oxidation sites excluding steroid dienone is 2. The summed E-state index contributed by atoms with van der Waals surface area (Å²) in [5.74, 6) is -1.89. The maximum absolute atomic E-state index is 12.1. The lowest BCUT2D eigenvalue weighted by atomic mass is 9.92. The molecule has 0 spiro atoms. The first kappa shape index (κ1) is 30.1. The first-order valence-electron chi connectivity index (χ1n) is 12.0. The van der Waals surface area contributed by atoms with Crippen molar-refractivity contribution in [1.82, 2.24) is 0 Å². The fourth-order valence-electron chi connectivity index (χ4n) is 3.57. The van der Waals surface area contributed by atoms with Crippen LogP contribution in [0.3, 0.4) is 0 Å². The normalized spacial score (nSPS) is 12.8. The third kappa shape index (κ3) is 14.2. The van der Waals surface area contributed by atoms with Gasteiger partial charge in [-0.3, -0.25) is 14.4 Å². The van der Waals surface area contributed by atoms with Crippen LogP contribution in [0.5, 0.6) is 0 Å². The Labute approximate surface area is 192 Å². The monoisotopic (exact) mass is 454 g/mol. The lowest BCUT2D eigenvalue weighted by Crippen LogP contribution is -2.28. The van der Waals surface area contributed by atoms with Crippen molar-refractivity contribution >= 4 is 23.5 Å². The van der Waals surface area contributed by atoms with Crippen LogP contribution in [0.2, 0.25) is 0 Å². The number of esters is 2. The molecule has 32 heavy (non-hydrogen) atoms. The summed E-state index contributed by atoms with van der Waals surface area (Å²) in [6, 6.07) is 0. The molecule has 7 nitrogen and oxygen atoms in total. The lowest BCUT2D eigenvalue weighted by molar-refractivity contribution is -0.167. The highest BCUT2D eigenvalue weighted by molar-refractivity contribution is 6.04. The Kier molecular flexibility index (Phi) is 17.6. The van der Waals surface area contributed by atoms with Gasteiger partial charge in [0.2, 0.25) is 0 Å². The fraction of sp³-hybridized carbons (Fsp3) is 0.760. The quantitative estimate of drug-likeness (QED) is 0.129.